The minimum Gasteiger partial charge on any atom is -0.376 e. The van der Waals surface area contributed by atoms with Gasteiger partial charge in [-0.3, -0.25) is 9.78 Å². The van der Waals surface area contributed by atoms with Crippen LogP contribution in [0.5, 0.6) is 0 Å². The molecule has 1 aromatic carbocycles. The van der Waals surface area contributed by atoms with Crippen LogP contribution in [-0.4, -0.2) is 35.4 Å². The maximum atomic E-state index is 12.3. The van der Waals surface area contributed by atoms with Crippen molar-refractivity contribution in [2.24, 2.45) is 0 Å². The molecule has 0 aliphatic heterocycles. The first-order valence-corrected chi connectivity index (χ1v) is 8.68. The van der Waals surface area contributed by atoms with Crippen LogP contribution < -0.4 is 5.32 Å². The van der Waals surface area contributed by atoms with Gasteiger partial charge in [-0.2, -0.15) is 0 Å². The van der Waals surface area contributed by atoms with Gasteiger partial charge in [-0.25, -0.2) is 0 Å². The number of hydrogen-bond donors (Lipinski definition) is 1. The summed E-state index contributed by atoms with van der Waals surface area (Å²) >= 11 is 0. The molecule has 0 radical (unpaired) electrons. The minimum atomic E-state index is 0.162. The van der Waals surface area contributed by atoms with Crippen molar-refractivity contribution in [2.75, 3.05) is 25.0 Å². The van der Waals surface area contributed by atoms with Crippen molar-refractivity contribution in [1.29, 1.82) is 0 Å². The van der Waals surface area contributed by atoms with Crippen LogP contribution in [0, 0.1) is 6.92 Å². The first-order valence-electron chi connectivity index (χ1n) is 8.68. The highest BCUT2D eigenvalue weighted by Crippen LogP contribution is 2.25. The van der Waals surface area contributed by atoms with E-state index < -0.39 is 0 Å². The summed E-state index contributed by atoms with van der Waals surface area (Å²) in [6.45, 7) is 8.29. The summed E-state index contributed by atoms with van der Waals surface area (Å²) in [6, 6.07) is 10.2. The van der Waals surface area contributed by atoms with E-state index in [0.29, 0.717) is 6.54 Å². The van der Waals surface area contributed by atoms with Crippen molar-refractivity contribution >= 4 is 11.6 Å². The summed E-state index contributed by atoms with van der Waals surface area (Å²) in [5.74, 6) is 0.162. The van der Waals surface area contributed by atoms with Crippen molar-refractivity contribution in [3.63, 3.8) is 0 Å². The molecule has 1 amide bonds. The van der Waals surface area contributed by atoms with Gasteiger partial charge in [-0.1, -0.05) is 19.9 Å². The molecule has 24 heavy (non-hydrogen) atoms. The van der Waals surface area contributed by atoms with Crippen molar-refractivity contribution in [3.8, 4) is 11.1 Å². The van der Waals surface area contributed by atoms with Gasteiger partial charge in [0.2, 0.25) is 5.91 Å². The molecule has 1 heterocycles. The zero-order chi connectivity index (χ0) is 17.4. The Kier molecular flexibility index (Phi) is 6.79. The molecule has 128 valence electrons. The normalized spacial score (nSPS) is 10.5. The van der Waals surface area contributed by atoms with Crippen LogP contribution in [0.4, 0.5) is 5.69 Å². The summed E-state index contributed by atoms with van der Waals surface area (Å²) in [7, 11) is 0. The number of carbonyl (C=O) groups is 1. The van der Waals surface area contributed by atoms with Crippen molar-refractivity contribution in [3.05, 3.63) is 48.3 Å². The molecular weight excluding hydrogens is 298 g/mol. The molecule has 0 spiro atoms. The zero-order valence-corrected chi connectivity index (χ0v) is 14.9. The zero-order valence-electron chi connectivity index (χ0n) is 14.9. The summed E-state index contributed by atoms with van der Waals surface area (Å²) < 4.78 is 0. The van der Waals surface area contributed by atoms with Gasteiger partial charge >= 0.3 is 0 Å². The van der Waals surface area contributed by atoms with Crippen molar-refractivity contribution in [2.45, 2.75) is 33.6 Å². The Morgan fingerprint density at radius 1 is 1.08 bits per heavy atom. The predicted molar refractivity (Wildman–Crippen MR) is 100 cm³/mol. The maximum absolute atomic E-state index is 12.3. The fraction of sp³-hybridized carbons (Fsp3) is 0.400. The van der Waals surface area contributed by atoms with E-state index in [1.54, 1.807) is 12.4 Å². The Bertz CT molecular complexity index is 649. The van der Waals surface area contributed by atoms with Crippen LogP contribution in [0.25, 0.3) is 11.1 Å². The monoisotopic (exact) mass is 325 g/mol. The van der Waals surface area contributed by atoms with Crippen LogP contribution in [-0.2, 0) is 4.79 Å². The van der Waals surface area contributed by atoms with Crippen LogP contribution in [0.3, 0.4) is 0 Å². The Morgan fingerprint density at radius 3 is 2.33 bits per heavy atom. The van der Waals surface area contributed by atoms with E-state index in [9.17, 15) is 4.79 Å². The van der Waals surface area contributed by atoms with Gasteiger partial charge in [0, 0.05) is 31.2 Å². The quantitative estimate of drug-likeness (QED) is 0.794. The Morgan fingerprint density at radius 2 is 1.75 bits per heavy atom. The van der Waals surface area contributed by atoms with E-state index in [0.717, 1.165) is 37.2 Å². The van der Waals surface area contributed by atoms with E-state index in [4.69, 9.17) is 0 Å². The second-order valence-corrected chi connectivity index (χ2v) is 6.00. The lowest BCUT2D eigenvalue weighted by atomic mass is 10.0. The fourth-order valence-electron chi connectivity index (χ4n) is 2.82. The Hall–Kier alpha value is -2.36. The third kappa shape index (κ3) is 4.82. The molecule has 1 N–H and O–H groups in total. The summed E-state index contributed by atoms with van der Waals surface area (Å²) in [5, 5.41) is 3.26. The third-order valence-corrected chi connectivity index (χ3v) is 4.00. The number of pyridine rings is 1. The highest BCUT2D eigenvalue weighted by molar-refractivity contribution is 5.81. The number of carbonyl (C=O) groups excluding carboxylic acids is 1. The van der Waals surface area contributed by atoms with Crippen molar-refractivity contribution in [1.82, 2.24) is 9.88 Å². The molecule has 2 rings (SSSR count). The fourth-order valence-corrected chi connectivity index (χ4v) is 2.82. The molecule has 2 aromatic rings. The second-order valence-electron chi connectivity index (χ2n) is 6.00. The van der Waals surface area contributed by atoms with Crippen LogP contribution >= 0.6 is 0 Å². The number of nitrogens with zero attached hydrogens (tertiary/aromatic N) is 2. The topological polar surface area (TPSA) is 45.2 Å². The SMILES string of the molecule is CCCN(CCC)C(=O)CNc1ccc(-c2ccncc2)c(C)c1. The number of aryl methyl sites for hydroxylation is 1. The molecule has 4 heteroatoms. The van der Waals surface area contributed by atoms with Gasteiger partial charge in [0.1, 0.15) is 0 Å². The number of anilines is 1. The molecule has 0 aliphatic carbocycles. The highest BCUT2D eigenvalue weighted by Gasteiger charge is 2.11. The summed E-state index contributed by atoms with van der Waals surface area (Å²) in [6.07, 6.45) is 5.59. The molecule has 1 aromatic heterocycles. The molecule has 0 fully saturated rings. The van der Waals surface area contributed by atoms with E-state index >= 15 is 0 Å². The van der Waals surface area contributed by atoms with Gasteiger partial charge in [0.05, 0.1) is 6.54 Å². The van der Waals surface area contributed by atoms with E-state index in [2.05, 4.69) is 43.2 Å². The number of nitrogens with one attached hydrogen (secondary N) is 1. The lowest BCUT2D eigenvalue weighted by molar-refractivity contribution is -0.129. The minimum absolute atomic E-state index is 0.162. The number of benzene rings is 1. The molecule has 4 nitrogen and oxygen atoms in total. The molecule has 0 saturated heterocycles. The van der Waals surface area contributed by atoms with Gasteiger partial charge in [0.25, 0.3) is 0 Å². The lowest BCUT2D eigenvalue weighted by Gasteiger charge is -2.22. The highest BCUT2D eigenvalue weighted by atomic mass is 16.2. The number of amides is 1. The van der Waals surface area contributed by atoms with E-state index in [1.807, 2.05) is 23.1 Å². The first-order chi connectivity index (χ1) is 11.7. The lowest BCUT2D eigenvalue weighted by Crippen LogP contribution is -2.36. The van der Waals surface area contributed by atoms with Crippen LogP contribution in [0.2, 0.25) is 0 Å². The smallest absolute Gasteiger partial charge is 0.241 e. The maximum Gasteiger partial charge on any atom is 0.241 e. The number of aromatic nitrogens is 1. The van der Waals surface area contributed by atoms with Crippen molar-refractivity contribution < 1.29 is 4.79 Å². The number of rotatable bonds is 8. The van der Waals surface area contributed by atoms with Gasteiger partial charge < -0.3 is 10.2 Å². The molecule has 0 aliphatic rings. The molecule has 0 saturated carbocycles. The first kappa shape index (κ1) is 18.0. The molecule has 0 bridgehead atoms. The average Bonchev–Trinajstić information content (AvgIpc) is 2.60. The summed E-state index contributed by atoms with van der Waals surface area (Å²) in [4.78, 5) is 18.3. The predicted octanol–water partition coefficient (Wildman–Crippen LogP) is 4.12. The standard InChI is InChI=1S/C20H27N3O/c1-4-12-23(13-5-2)20(24)15-22-18-6-7-19(16(3)14-18)17-8-10-21-11-9-17/h6-11,14,22H,4-5,12-13,15H2,1-3H3. The van der Waals surface area contributed by atoms with Gasteiger partial charge in [0.15, 0.2) is 0 Å². The second kappa shape index (κ2) is 9.06. The Balaban J connectivity index is 2.01. The molecule has 0 unspecified atom stereocenters. The van der Waals surface area contributed by atoms with E-state index in [-0.39, 0.29) is 5.91 Å². The van der Waals surface area contributed by atoms with Crippen LogP contribution in [0.15, 0.2) is 42.7 Å². The Labute approximate surface area is 144 Å². The molecule has 0 atom stereocenters. The molecular formula is C20H27N3O. The van der Waals surface area contributed by atoms with Gasteiger partial charge in [-0.15, -0.1) is 0 Å². The third-order valence-electron chi connectivity index (χ3n) is 4.00. The van der Waals surface area contributed by atoms with E-state index in [1.165, 1.54) is 11.1 Å². The number of hydrogen-bond acceptors (Lipinski definition) is 3. The van der Waals surface area contributed by atoms with Crippen LogP contribution in [0.1, 0.15) is 32.3 Å². The largest absolute Gasteiger partial charge is 0.376 e. The average molecular weight is 325 g/mol. The van der Waals surface area contributed by atoms with Gasteiger partial charge in [-0.05, 0) is 60.7 Å². The summed E-state index contributed by atoms with van der Waals surface area (Å²) in [5.41, 5.74) is 4.50.